The van der Waals surface area contributed by atoms with Gasteiger partial charge in [0.1, 0.15) is 10.9 Å². The first-order valence-electron chi connectivity index (χ1n) is 6.39. The van der Waals surface area contributed by atoms with Crippen LogP contribution in [0.2, 0.25) is 0 Å². The average Bonchev–Trinajstić information content (AvgIpc) is 2.39. The molecule has 0 spiro atoms. The van der Waals surface area contributed by atoms with E-state index in [4.69, 9.17) is 11.6 Å². The molecule has 1 aromatic rings. The van der Waals surface area contributed by atoms with Crippen LogP contribution in [0.4, 0.5) is 5.69 Å². The van der Waals surface area contributed by atoms with Crippen LogP contribution >= 0.6 is 11.6 Å². The molecule has 0 aromatic heterocycles. The normalized spacial score (nSPS) is 15.8. The number of hydrogen-bond acceptors (Lipinski definition) is 3. The number of allylic oxidation sites excluding steroid dienone is 2. The molecule has 4 nitrogen and oxygen atoms in total. The van der Waals surface area contributed by atoms with Gasteiger partial charge in [0.25, 0.3) is 0 Å². The highest BCUT2D eigenvalue weighted by Crippen LogP contribution is 2.34. The SMILES string of the molecule is CC(=O)NC(C)c1ccc(N2CC=CC=C2Cl)c(O)c1. The van der Waals surface area contributed by atoms with E-state index in [2.05, 4.69) is 5.32 Å². The second kappa shape index (κ2) is 6.01. The maximum atomic E-state index is 11.1. The lowest BCUT2D eigenvalue weighted by atomic mass is 10.1. The number of hydrogen-bond donors (Lipinski definition) is 2. The van der Waals surface area contributed by atoms with E-state index in [0.717, 1.165) is 5.56 Å². The van der Waals surface area contributed by atoms with Crippen molar-refractivity contribution in [1.82, 2.24) is 5.32 Å². The van der Waals surface area contributed by atoms with Gasteiger partial charge in [-0.1, -0.05) is 29.8 Å². The van der Waals surface area contributed by atoms with Gasteiger partial charge >= 0.3 is 0 Å². The van der Waals surface area contributed by atoms with Crippen LogP contribution < -0.4 is 10.2 Å². The molecule has 1 heterocycles. The van der Waals surface area contributed by atoms with Crippen LogP contribution in [0, 0.1) is 0 Å². The minimum absolute atomic E-state index is 0.104. The predicted octanol–water partition coefficient (Wildman–Crippen LogP) is 3.05. The highest BCUT2D eigenvalue weighted by atomic mass is 35.5. The fraction of sp³-hybridized carbons (Fsp3) is 0.267. The van der Waals surface area contributed by atoms with Crippen molar-refractivity contribution in [3.05, 3.63) is 47.1 Å². The molecule has 0 saturated heterocycles. The van der Waals surface area contributed by atoms with Gasteiger partial charge in [-0.05, 0) is 30.7 Å². The summed E-state index contributed by atoms with van der Waals surface area (Å²) in [4.78, 5) is 12.9. The van der Waals surface area contributed by atoms with Crippen molar-refractivity contribution in [1.29, 1.82) is 0 Å². The molecule has 0 bridgehead atoms. The van der Waals surface area contributed by atoms with Gasteiger partial charge in [0.15, 0.2) is 0 Å². The van der Waals surface area contributed by atoms with Crippen LogP contribution in [0.1, 0.15) is 25.5 Å². The zero-order chi connectivity index (χ0) is 14.7. The molecular weight excluding hydrogens is 276 g/mol. The monoisotopic (exact) mass is 292 g/mol. The smallest absolute Gasteiger partial charge is 0.217 e. The van der Waals surface area contributed by atoms with E-state index in [-0.39, 0.29) is 17.7 Å². The van der Waals surface area contributed by atoms with Gasteiger partial charge < -0.3 is 15.3 Å². The van der Waals surface area contributed by atoms with E-state index < -0.39 is 0 Å². The van der Waals surface area contributed by atoms with Crippen LogP contribution in [-0.2, 0) is 4.79 Å². The van der Waals surface area contributed by atoms with Gasteiger partial charge in [-0.3, -0.25) is 4.79 Å². The van der Waals surface area contributed by atoms with Gasteiger partial charge in [0, 0.05) is 13.5 Å². The van der Waals surface area contributed by atoms with Crippen LogP contribution in [0.5, 0.6) is 5.75 Å². The number of aromatic hydroxyl groups is 1. The number of anilines is 1. The molecule has 0 fully saturated rings. The number of nitrogens with one attached hydrogen (secondary N) is 1. The maximum absolute atomic E-state index is 11.1. The lowest BCUT2D eigenvalue weighted by Gasteiger charge is -2.26. The summed E-state index contributed by atoms with van der Waals surface area (Å²) < 4.78 is 0. The van der Waals surface area contributed by atoms with Crippen molar-refractivity contribution in [3.63, 3.8) is 0 Å². The molecule has 0 radical (unpaired) electrons. The molecule has 0 saturated carbocycles. The van der Waals surface area contributed by atoms with Crippen molar-refractivity contribution < 1.29 is 9.90 Å². The number of rotatable bonds is 3. The summed E-state index contributed by atoms with van der Waals surface area (Å²) in [6.45, 7) is 3.95. The van der Waals surface area contributed by atoms with E-state index in [1.807, 2.05) is 30.0 Å². The molecule has 1 aliphatic rings. The largest absolute Gasteiger partial charge is 0.506 e. The average molecular weight is 293 g/mol. The first-order valence-corrected chi connectivity index (χ1v) is 6.76. The highest BCUT2D eigenvalue weighted by molar-refractivity contribution is 6.31. The number of halogens is 1. The second-order valence-electron chi connectivity index (χ2n) is 4.70. The third kappa shape index (κ3) is 3.14. The van der Waals surface area contributed by atoms with Crippen LogP contribution in [0.3, 0.4) is 0 Å². The van der Waals surface area contributed by atoms with Gasteiger partial charge in [-0.25, -0.2) is 0 Å². The molecular formula is C15H17ClN2O2. The Bertz CT molecular complexity index is 581. The Labute approximate surface area is 123 Å². The fourth-order valence-corrected chi connectivity index (χ4v) is 2.36. The van der Waals surface area contributed by atoms with Crippen molar-refractivity contribution in [2.45, 2.75) is 19.9 Å². The molecule has 2 N–H and O–H groups in total. The first kappa shape index (κ1) is 14.5. The molecule has 1 amide bonds. The van der Waals surface area contributed by atoms with Crippen molar-refractivity contribution >= 4 is 23.2 Å². The third-order valence-corrected chi connectivity index (χ3v) is 3.46. The summed E-state index contributed by atoms with van der Waals surface area (Å²) in [5, 5.41) is 13.5. The van der Waals surface area contributed by atoms with Crippen molar-refractivity contribution in [3.8, 4) is 5.75 Å². The molecule has 1 unspecified atom stereocenters. The van der Waals surface area contributed by atoms with E-state index in [1.165, 1.54) is 6.92 Å². The predicted molar refractivity (Wildman–Crippen MR) is 80.8 cm³/mol. The standard InChI is InChI=1S/C15H17ClN2O2/c1-10(17-11(2)19)12-6-7-13(14(20)9-12)18-8-4-3-5-15(18)16/h3-7,9-10,20H,8H2,1-2H3,(H,17,19). The Balaban J connectivity index is 2.24. The second-order valence-corrected chi connectivity index (χ2v) is 5.09. The topological polar surface area (TPSA) is 52.6 Å². The summed E-state index contributed by atoms with van der Waals surface area (Å²) in [6, 6.07) is 5.18. The molecule has 1 aliphatic heterocycles. The van der Waals surface area contributed by atoms with E-state index in [1.54, 1.807) is 18.2 Å². The lowest BCUT2D eigenvalue weighted by Crippen LogP contribution is -2.24. The summed E-state index contributed by atoms with van der Waals surface area (Å²) >= 11 is 6.13. The Morgan fingerprint density at radius 2 is 2.25 bits per heavy atom. The fourth-order valence-electron chi connectivity index (χ4n) is 2.13. The third-order valence-electron chi connectivity index (χ3n) is 3.13. The number of carbonyl (C=O) groups is 1. The minimum Gasteiger partial charge on any atom is -0.506 e. The number of nitrogens with zero attached hydrogens (tertiary/aromatic N) is 1. The summed E-state index contributed by atoms with van der Waals surface area (Å²) in [5.74, 6) is 0.0368. The Morgan fingerprint density at radius 3 is 2.85 bits per heavy atom. The van der Waals surface area contributed by atoms with E-state index in [9.17, 15) is 9.90 Å². The minimum atomic E-state index is -0.153. The van der Waals surface area contributed by atoms with Crippen LogP contribution in [0.25, 0.3) is 0 Å². The highest BCUT2D eigenvalue weighted by Gasteiger charge is 2.16. The first-order chi connectivity index (χ1) is 9.49. The van der Waals surface area contributed by atoms with Crippen molar-refractivity contribution in [2.24, 2.45) is 0 Å². The van der Waals surface area contributed by atoms with Gasteiger partial charge in [-0.15, -0.1) is 0 Å². The quantitative estimate of drug-likeness (QED) is 0.842. The number of phenolic OH excluding ortho intramolecular Hbond substituents is 1. The molecule has 1 atom stereocenters. The maximum Gasteiger partial charge on any atom is 0.217 e. The zero-order valence-corrected chi connectivity index (χ0v) is 12.2. The Kier molecular flexibility index (Phi) is 4.35. The molecule has 1 aromatic carbocycles. The number of carbonyl (C=O) groups excluding carboxylic acids is 1. The molecule has 5 heteroatoms. The number of amides is 1. The number of phenols is 1. The van der Waals surface area contributed by atoms with Gasteiger partial charge in [-0.2, -0.15) is 0 Å². The zero-order valence-electron chi connectivity index (χ0n) is 11.4. The Morgan fingerprint density at radius 1 is 1.50 bits per heavy atom. The van der Waals surface area contributed by atoms with E-state index >= 15 is 0 Å². The van der Waals surface area contributed by atoms with Crippen LogP contribution in [-0.4, -0.2) is 17.6 Å². The summed E-state index contributed by atoms with van der Waals surface area (Å²) in [5.41, 5.74) is 1.49. The molecule has 0 aliphatic carbocycles. The molecule has 20 heavy (non-hydrogen) atoms. The lowest BCUT2D eigenvalue weighted by molar-refractivity contribution is -0.119. The number of benzene rings is 1. The van der Waals surface area contributed by atoms with E-state index in [0.29, 0.717) is 17.4 Å². The summed E-state index contributed by atoms with van der Waals surface area (Å²) in [7, 11) is 0. The molecule has 2 rings (SSSR count). The van der Waals surface area contributed by atoms with Crippen LogP contribution in [0.15, 0.2) is 41.6 Å². The van der Waals surface area contributed by atoms with Gasteiger partial charge in [0.05, 0.1) is 11.7 Å². The molecule has 106 valence electrons. The summed E-state index contributed by atoms with van der Waals surface area (Å²) in [6.07, 6.45) is 5.61. The van der Waals surface area contributed by atoms with Crippen molar-refractivity contribution in [2.75, 3.05) is 11.4 Å². The Hall–Kier alpha value is -1.94. The van der Waals surface area contributed by atoms with Gasteiger partial charge in [0.2, 0.25) is 5.91 Å².